The highest BCUT2D eigenvalue weighted by atomic mass is 14.9. The van der Waals surface area contributed by atoms with Crippen LogP contribution in [0.5, 0.6) is 0 Å². The standard InChI is InChI=1S/C18H25N3/c1-13(2)14(11-20-18(3,4)5)10-15-12-19-16-8-6-7-9-17(16)21-15/h6-10,12-13,20H,11H2,1-5H3. The molecule has 0 atom stereocenters. The Bertz CT molecular complexity index is 636. The van der Waals surface area contributed by atoms with Crippen molar-refractivity contribution >= 4 is 17.1 Å². The van der Waals surface area contributed by atoms with Crippen LogP contribution in [0.2, 0.25) is 0 Å². The molecule has 21 heavy (non-hydrogen) atoms. The molecule has 0 fully saturated rings. The molecule has 0 aliphatic heterocycles. The molecule has 2 rings (SSSR count). The van der Waals surface area contributed by atoms with Crippen LogP contribution in [0.15, 0.2) is 36.0 Å². The number of benzene rings is 1. The minimum absolute atomic E-state index is 0.114. The van der Waals surface area contributed by atoms with E-state index in [0.29, 0.717) is 5.92 Å². The third-order valence-electron chi connectivity index (χ3n) is 3.36. The van der Waals surface area contributed by atoms with Gasteiger partial charge in [-0.3, -0.25) is 4.98 Å². The summed E-state index contributed by atoms with van der Waals surface area (Å²) in [5, 5.41) is 3.54. The first-order chi connectivity index (χ1) is 9.85. The predicted octanol–water partition coefficient (Wildman–Crippen LogP) is 4.06. The topological polar surface area (TPSA) is 37.8 Å². The number of hydrogen-bond acceptors (Lipinski definition) is 3. The largest absolute Gasteiger partial charge is 0.308 e. The summed E-state index contributed by atoms with van der Waals surface area (Å²) in [5.74, 6) is 0.480. The van der Waals surface area contributed by atoms with Gasteiger partial charge in [0.1, 0.15) is 0 Å². The molecule has 0 aliphatic carbocycles. The van der Waals surface area contributed by atoms with E-state index in [0.717, 1.165) is 23.3 Å². The molecule has 0 spiro atoms. The van der Waals surface area contributed by atoms with Crippen LogP contribution in [-0.4, -0.2) is 22.1 Å². The van der Waals surface area contributed by atoms with Crippen LogP contribution >= 0.6 is 0 Å². The van der Waals surface area contributed by atoms with Crippen LogP contribution < -0.4 is 5.32 Å². The van der Waals surface area contributed by atoms with E-state index in [1.807, 2.05) is 30.5 Å². The lowest BCUT2D eigenvalue weighted by molar-refractivity contribution is 0.437. The first-order valence-electron chi connectivity index (χ1n) is 7.52. The van der Waals surface area contributed by atoms with Crippen molar-refractivity contribution in [3.05, 3.63) is 41.7 Å². The molecular formula is C18H25N3. The van der Waals surface area contributed by atoms with Gasteiger partial charge in [-0.15, -0.1) is 0 Å². The molecule has 0 saturated heterocycles. The summed E-state index contributed by atoms with van der Waals surface area (Å²) in [4.78, 5) is 9.15. The molecule has 3 nitrogen and oxygen atoms in total. The Morgan fingerprint density at radius 3 is 2.48 bits per heavy atom. The zero-order valence-corrected chi connectivity index (χ0v) is 13.6. The van der Waals surface area contributed by atoms with Gasteiger partial charge in [-0.05, 0) is 44.9 Å². The molecule has 0 aliphatic rings. The molecule has 1 N–H and O–H groups in total. The Kier molecular flexibility index (Phi) is 4.73. The molecule has 2 aromatic rings. The number of nitrogens with one attached hydrogen (secondary N) is 1. The Morgan fingerprint density at radius 1 is 1.19 bits per heavy atom. The van der Waals surface area contributed by atoms with Gasteiger partial charge in [-0.1, -0.05) is 31.6 Å². The van der Waals surface area contributed by atoms with Crippen molar-refractivity contribution < 1.29 is 0 Å². The maximum absolute atomic E-state index is 4.68. The van der Waals surface area contributed by atoms with Gasteiger partial charge in [0.15, 0.2) is 0 Å². The second-order valence-electron chi connectivity index (χ2n) is 6.76. The highest BCUT2D eigenvalue weighted by Crippen LogP contribution is 2.16. The number of nitrogens with zero attached hydrogens (tertiary/aromatic N) is 2. The van der Waals surface area contributed by atoms with Crippen LogP contribution in [0.25, 0.3) is 17.1 Å². The molecule has 1 aromatic heterocycles. The van der Waals surface area contributed by atoms with Crippen molar-refractivity contribution in [1.82, 2.24) is 15.3 Å². The van der Waals surface area contributed by atoms with Gasteiger partial charge >= 0.3 is 0 Å². The Labute approximate surface area is 127 Å². The van der Waals surface area contributed by atoms with Crippen LogP contribution in [0.3, 0.4) is 0 Å². The van der Waals surface area contributed by atoms with Crippen molar-refractivity contribution in [3.8, 4) is 0 Å². The number of para-hydroxylation sites is 2. The van der Waals surface area contributed by atoms with Gasteiger partial charge in [-0.2, -0.15) is 0 Å². The van der Waals surface area contributed by atoms with Gasteiger partial charge in [0.25, 0.3) is 0 Å². The van der Waals surface area contributed by atoms with E-state index in [1.54, 1.807) is 0 Å². The summed E-state index contributed by atoms with van der Waals surface area (Å²) in [6, 6.07) is 7.97. The Hall–Kier alpha value is -1.74. The SMILES string of the molecule is CC(C)C(=Cc1cnc2ccccc2n1)CNC(C)(C)C. The summed E-state index contributed by atoms with van der Waals surface area (Å²) >= 11 is 0. The molecule has 0 saturated carbocycles. The van der Waals surface area contributed by atoms with Crippen molar-refractivity contribution in [2.45, 2.75) is 40.2 Å². The number of rotatable bonds is 4. The fraction of sp³-hybridized carbons (Fsp3) is 0.444. The summed E-state index contributed by atoms with van der Waals surface area (Å²) in [6.45, 7) is 11.8. The lowest BCUT2D eigenvalue weighted by atomic mass is 10.00. The molecule has 0 amide bonds. The molecule has 0 unspecified atom stereocenters. The predicted molar refractivity (Wildman–Crippen MR) is 90.1 cm³/mol. The number of hydrogen-bond donors (Lipinski definition) is 1. The Morgan fingerprint density at radius 2 is 1.86 bits per heavy atom. The number of fused-ring (bicyclic) bond motifs is 1. The average Bonchev–Trinajstić information content (AvgIpc) is 2.42. The van der Waals surface area contributed by atoms with E-state index >= 15 is 0 Å². The quantitative estimate of drug-likeness (QED) is 0.919. The Balaban J connectivity index is 2.27. The van der Waals surface area contributed by atoms with Crippen molar-refractivity contribution in [1.29, 1.82) is 0 Å². The van der Waals surface area contributed by atoms with Crippen LogP contribution in [0, 0.1) is 5.92 Å². The highest BCUT2D eigenvalue weighted by molar-refractivity contribution is 5.74. The van der Waals surface area contributed by atoms with Gasteiger partial charge < -0.3 is 5.32 Å². The van der Waals surface area contributed by atoms with Gasteiger partial charge in [0.2, 0.25) is 0 Å². The summed E-state index contributed by atoms with van der Waals surface area (Å²) < 4.78 is 0. The van der Waals surface area contributed by atoms with E-state index in [1.165, 1.54) is 5.57 Å². The van der Waals surface area contributed by atoms with Crippen molar-refractivity contribution in [2.75, 3.05) is 6.54 Å². The van der Waals surface area contributed by atoms with Gasteiger partial charge in [0.05, 0.1) is 22.9 Å². The lowest BCUT2D eigenvalue weighted by Crippen LogP contribution is -2.37. The van der Waals surface area contributed by atoms with Crippen LogP contribution in [-0.2, 0) is 0 Å². The molecule has 112 valence electrons. The van der Waals surface area contributed by atoms with E-state index in [-0.39, 0.29) is 5.54 Å². The molecule has 0 bridgehead atoms. The molecule has 1 heterocycles. The first-order valence-corrected chi connectivity index (χ1v) is 7.52. The normalized spacial score (nSPS) is 13.1. The zero-order chi connectivity index (χ0) is 15.5. The van der Waals surface area contributed by atoms with Crippen molar-refractivity contribution in [2.24, 2.45) is 5.92 Å². The minimum atomic E-state index is 0.114. The third-order valence-corrected chi connectivity index (χ3v) is 3.36. The minimum Gasteiger partial charge on any atom is -0.308 e. The highest BCUT2D eigenvalue weighted by Gasteiger charge is 2.11. The third kappa shape index (κ3) is 4.64. The monoisotopic (exact) mass is 283 g/mol. The van der Waals surface area contributed by atoms with Crippen LogP contribution in [0.1, 0.15) is 40.3 Å². The summed E-state index contributed by atoms with van der Waals surface area (Å²) in [5.41, 5.74) is 4.26. The van der Waals surface area contributed by atoms with Gasteiger partial charge in [0, 0.05) is 12.1 Å². The van der Waals surface area contributed by atoms with E-state index in [2.05, 4.69) is 56.0 Å². The summed E-state index contributed by atoms with van der Waals surface area (Å²) in [6.07, 6.45) is 4.00. The maximum atomic E-state index is 4.68. The van der Waals surface area contributed by atoms with Crippen LogP contribution in [0.4, 0.5) is 0 Å². The second-order valence-corrected chi connectivity index (χ2v) is 6.76. The molecular weight excluding hydrogens is 258 g/mol. The smallest absolute Gasteiger partial charge is 0.0894 e. The molecule has 0 radical (unpaired) electrons. The van der Waals surface area contributed by atoms with E-state index in [4.69, 9.17) is 0 Å². The summed E-state index contributed by atoms with van der Waals surface area (Å²) in [7, 11) is 0. The fourth-order valence-electron chi connectivity index (χ4n) is 2.02. The molecule has 1 aromatic carbocycles. The van der Waals surface area contributed by atoms with E-state index < -0.39 is 0 Å². The van der Waals surface area contributed by atoms with E-state index in [9.17, 15) is 0 Å². The van der Waals surface area contributed by atoms with Gasteiger partial charge in [-0.25, -0.2) is 4.98 Å². The first kappa shape index (κ1) is 15.6. The second kappa shape index (κ2) is 6.35. The lowest BCUT2D eigenvalue weighted by Gasteiger charge is -2.23. The maximum Gasteiger partial charge on any atom is 0.0894 e. The van der Waals surface area contributed by atoms with Crippen molar-refractivity contribution in [3.63, 3.8) is 0 Å². The number of aromatic nitrogens is 2. The molecule has 3 heteroatoms. The average molecular weight is 283 g/mol. The zero-order valence-electron chi connectivity index (χ0n) is 13.6. The fourth-order valence-corrected chi connectivity index (χ4v) is 2.02.